The molecule has 0 saturated carbocycles. The van der Waals surface area contributed by atoms with Crippen LogP contribution in [-0.4, -0.2) is 9.38 Å². The lowest BCUT2D eigenvalue weighted by Crippen LogP contribution is -2.09. The minimum atomic E-state index is -0.0457. The Balaban J connectivity index is 1.99. The fourth-order valence-corrected chi connectivity index (χ4v) is 2.53. The molecule has 3 nitrogen and oxygen atoms in total. The minimum Gasteiger partial charge on any atom is -0.269 e. The van der Waals surface area contributed by atoms with Crippen molar-refractivity contribution in [2.24, 2.45) is 0 Å². The van der Waals surface area contributed by atoms with Gasteiger partial charge in [-0.25, -0.2) is 4.98 Å². The normalized spacial score (nSPS) is 11.3. The average molecular weight is 254 g/mol. The van der Waals surface area contributed by atoms with Crippen LogP contribution in [-0.2, 0) is 0 Å². The van der Waals surface area contributed by atoms with Crippen molar-refractivity contribution >= 4 is 28.4 Å². The van der Waals surface area contributed by atoms with Crippen LogP contribution in [0.5, 0.6) is 0 Å². The van der Waals surface area contributed by atoms with Crippen molar-refractivity contribution in [2.45, 2.75) is 0 Å². The third kappa shape index (κ3) is 2.10. The Labute approximate surface area is 108 Å². The molecule has 0 aliphatic carbocycles. The SMILES string of the molecule is O=c1ccnc2sc(C=Cc3ccccc3)cn12. The summed E-state index contributed by atoms with van der Waals surface area (Å²) in [5.41, 5.74) is 1.09. The number of aromatic nitrogens is 2. The van der Waals surface area contributed by atoms with Crippen LogP contribution in [0, 0.1) is 0 Å². The van der Waals surface area contributed by atoms with Gasteiger partial charge in [-0.2, -0.15) is 0 Å². The number of fused-ring (bicyclic) bond motifs is 1. The molecular formula is C14H10N2OS. The van der Waals surface area contributed by atoms with E-state index in [0.717, 1.165) is 15.4 Å². The van der Waals surface area contributed by atoms with Gasteiger partial charge in [0.25, 0.3) is 5.56 Å². The van der Waals surface area contributed by atoms with Crippen molar-refractivity contribution < 1.29 is 0 Å². The van der Waals surface area contributed by atoms with Gasteiger partial charge in [0, 0.05) is 23.3 Å². The number of benzene rings is 1. The molecule has 4 heteroatoms. The molecule has 2 aromatic heterocycles. The zero-order valence-electron chi connectivity index (χ0n) is 9.48. The van der Waals surface area contributed by atoms with E-state index in [-0.39, 0.29) is 5.56 Å². The van der Waals surface area contributed by atoms with Gasteiger partial charge in [-0.15, -0.1) is 0 Å². The molecule has 0 amide bonds. The molecule has 1 aromatic carbocycles. The van der Waals surface area contributed by atoms with Crippen LogP contribution in [0.4, 0.5) is 0 Å². The first kappa shape index (κ1) is 10.9. The van der Waals surface area contributed by atoms with E-state index in [4.69, 9.17) is 0 Å². The van der Waals surface area contributed by atoms with Crippen molar-refractivity contribution in [1.29, 1.82) is 0 Å². The first-order valence-electron chi connectivity index (χ1n) is 5.53. The molecule has 0 radical (unpaired) electrons. The van der Waals surface area contributed by atoms with Crippen molar-refractivity contribution in [3.05, 3.63) is 69.6 Å². The quantitative estimate of drug-likeness (QED) is 0.704. The van der Waals surface area contributed by atoms with Crippen LogP contribution >= 0.6 is 11.3 Å². The summed E-state index contributed by atoms with van der Waals surface area (Å²) in [6.45, 7) is 0. The van der Waals surface area contributed by atoms with Gasteiger partial charge in [-0.3, -0.25) is 9.20 Å². The molecule has 3 rings (SSSR count). The molecule has 0 N–H and O–H groups in total. The van der Waals surface area contributed by atoms with E-state index in [0.29, 0.717) is 0 Å². The summed E-state index contributed by atoms with van der Waals surface area (Å²) in [5.74, 6) is 0. The van der Waals surface area contributed by atoms with E-state index < -0.39 is 0 Å². The lowest BCUT2D eigenvalue weighted by atomic mass is 10.2. The highest BCUT2D eigenvalue weighted by molar-refractivity contribution is 7.17. The van der Waals surface area contributed by atoms with Crippen LogP contribution in [0.2, 0.25) is 0 Å². The van der Waals surface area contributed by atoms with Crippen LogP contribution < -0.4 is 5.56 Å². The largest absolute Gasteiger partial charge is 0.269 e. The molecule has 18 heavy (non-hydrogen) atoms. The second-order valence-electron chi connectivity index (χ2n) is 3.81. The molecule has 0 aliphatic rings. The van der Waals surface area contributed by atoms with Gasteiger partial charge < -0.3 is 0 Å². The Morgan fingerprint density at radius 2 is 1.94 bits per heavy atom. The van der Waals surface area contributed by atoms with Crippen molar-refractivity contribution in [3.63, 3.8) is 0 Å². The average Bonchev–Trinajstić information content (AvgIpc) is 2.82. The molecule has 0 bridgehead atoms. The third-order valence-electron chi connectivity index (χ3n) is 2.55. The first-order chi connectivity index (χ1) is 8.83. The van der Waals surface area contributed by atoms with Crippen molar-refractivity contribution in [2.75, 3.05) is 0 Å². The lowest BCUT2D eigenvalue weighted by molar-refractivity contribution is 1.08. The molecule has 0 aliphatic heterocycles. The van der Waals surface area contributed by atoms with E-state index in [1.54, 1.807) is 10.6 Å². The highest BCUT2D eigenvalue weighted by Gasteiger charge is 2.00. The van der Waals surface area contributed by atoms with E-state index >= 15 is 0 Å². The number of hydrogen-bond donors (Lipinski definition) is 0. The molecule has 0 atom stereocenters. The van der Waals surface area contributed by atoms with Crippen LogP contribution in [0.3, 0.4) is 0 Å². The van der Waals surface area contributed by atoms with E-state index in [9.17, 15) is 4.79 Å². The summed E-state index contributed by atoms with van der Waals surface area (Å²) in [6.07, 6.45) is 7.37. The summed E-state index contributed by atoms with van der Waals surface area (Å²) in [5, 5.41) is 0. The van der Waals surface area contributed by atoms with Gasteiger partial charge >= 0.3 is 0 Å². The van der Waals surface area contributed by atoms with Crippen LogP contribution in [0.25, 0.3) is 17.1 Å². The maximum Gasteiger partial charge on any atom is 0.258 e. The predicted octanol–water partition coefficient (Wildman–Crippen LogP) is 2.93. The highest BCUT2D eigenvalue weighted by Crippen LogP contribution is 2.16. The van der Waals surface area contributed by atoms with Crippen LogP contribution in [0.1, 0.15) is 10.4 Å². The Bertz CT molecular complexity index is 756. The minimum absolute atomic E-state index is 0.0457. The fourth-order valence-electron chi connectivity index (χ4n) is 1.67. The fraction of sp³-hybridized carbons (Fsp3) is 0. The molecular weight excluding hydrogens is 244 g/mol. The zero-order chi connectivity index (χ0) is 12.4. The third-order valence-corrected chi connectivity index (χ3v) is 3.51. The summed E-state index contributed by atoms with van der Waals surface area (Å²) in [4.78, 5) is 17.5. The molecule has 2 heterocycles. The monoisotopic (exact) mass is 254 g/mol. The Hall–Kier alpha value is -2.20. The summed E-state index contributed by atoms with van der Waals surface area (Å²) >= 11 is 1.50. The first-order valence-corrected chi connectivity index (χ1v) is 6.35. The second-order valence-corrected chi connectivity index (χ2v) is 4.85. The summed E-state index contributed by atoms with van der Waals surface area (Å²) < 4.78 is 1.56. The summed E-state index contributed by atoms with van der Waals surface area (Å²) in [7, 11) is 0. The predicted molar refractivity (Wildman–Crippen MR) is 74.7 cm³/mol. The number of nitrogens with zero attached hydrogens (tertiary/aromatic N) is 2. The van der Waals surface area contributed by atoms with Gasteiger partial charge in [-0.05, 0) is 11.6 Å². The Kier molecular flexibility index (Phi) is 2.78. The maximum absolute atomic E-state index is 11.6. The lowest BCUT2D eigenvalue weighted by Gasteiger charge is -1.89. The number of thiazole rings is 1. The maximum atomic E-state index is 11.6. The Morgan fingerprint density at radius 1 is 1.11 bits per heavy atom. The molecule has 88 valence electrons. The van der Waals surface area contributed by atoms with Gasteiger partial charge in [0.2, 0.25) is 0 Å². The smallest absolute Gasteiger partial charge is 0.258 e. The molecule has 0 saturated heterocycles. The van der Waals surface area contributed by atoms with Gasteiger partial charge in [0.1, 0.15) is 0 Å². The number of rotatable bonds is 2. The van der Waals surface area contributed by atoms with Crippen molar-refractivity contribution in [1.82, 2.24) is 9.38 Å². The summed E-state index contributed by atoms with van der Waals surface area (Å²) in [6, 6.07) is 11.5. The standard InChI is InChI=1S/C14H10N2OS/c17-13-8-9-15-14-16(13)10-12(18-14)7-6-11-4-2-1-3-5-11/h1-10H. The van der Waals surface area contributed by atoms with E-state index in [1.807, 2.05) is 48.7 Å². The number of hydrogen-bond acceptors (Lipinski definition) is 3. The Morgan fingerprint density at radius 3 is 2.72 bits per heavy atom. The highest BCUT2D eigenvalue weighted by atomic mass is 32.1. The van der Waals surface area contributed by atoms with E-state index in [2.05, 4.69) is 4.98 Å². The topological polar surface area (TPSA) is 34.4 Å². The second kappa shape index (κ2) is 4.58. The molecule has 0 spiro atoms. The van der Waals surface area contributed by atoms with Gasteiger partial charge in [0.05, 0.1) is 0 Å². The van der Waals surface area contributed by atoms with Crippen LogP contribution in [0.15, 0.2) is 53.6 Å². The molecule has 0 unspecified atom stereocenters. The van der Waals surface area contributed by atoms with Gasteiger partial charge in [-0.1, -0.05) is 47.7 Å². The molecule has 3 aromatic rings. The molecule has 0 fully saturated rings. The van der Waals surface area contributed by atoms with Crippen molar-refractivity contribution in [3.8, 4) is 0 Å². The van der Waals surface area contributed by atoms with E-state index in [1.165, 1.54) is 17.4 Å². The van der Waals surface area contributed by atoms with Gasteiger partial charge in [0.15, 0.2) is 4.96 Å². The zero-order valence-corrected chi connectivity index (χ0v) is 10.3.